The summed E-state index contributed by atoms with van der Waals surface area (Å²) in [6.07, 6.45) is -0.218. The number of benzene rings is 2. The fourth-order valence-corrected chi connectivity index (χ4v) is 2.07. The zero-order valence-electron chi connectivity index (χ0n) is 11.9. The molecule has 0 aliphatic carbocycles. The molecule has 2 nitrogen and oxygen atoms in total. The second-order valence-corrected chi connectivity index (χ2v) is 4.84. The van der Waals surface area contributed by atoms with E-state index in [1.165, 1.54) is 18.2 Å². The van der Waals surface area contributed by atoms with E-state index in [1.54, 1.807) is 24.3 Å². The number of halogens is 2. The Kier molecular flexibility index (Phi) is 5.28. The molecule has 0 aliphatic heterocycles. The normalized spacial score (nSPS) is 12.2. The van der Waals surface area contributed by atoms with E-state index in [4.69, 9.17) is 4.74 Å². The summed E-state index contributed by atoms with van der Waals surface area (Å²) >= 11 is 0. The van der Waals surface area contributed by atoms with E-state index in [9.17, 15) is 13.9 Å². The fraction of sp³-hybridized carbons (Fsp3) is 0.294. The van der Waals surface area contributed by atoms with Crippen LogP contribution in [0.2, 0.25) is 0 Å². The van der Waals surface area contributed by atoms with Crippen molar-refractivity contribution in [1.29, 1.82) is 0 Å². The molecule has 21 heavy (non-hydrogen) atoms. The van der Waals surface area contributed by atoms with Crippen LogP contribution in [0.5, 0.6) is 5.75 Å². The van der Waals surface area contributed by atoms with Crippen molar-refractivity contribution in [2.45, 2.75) is 25.9 Å². The third kappa shape index (κ3) is 4.02. The molecule has 1 unspecified atom stereocenters. The van der Waals surface area contributed by atoms with Crippen LogP contribution in [-0.4, -0.2) is 11.7 Å². The molecule has 2 rings (SSSR count). The van der Waals surface area contributed by atoms with Gasteiger partial charge in [-0.25, -0.2) is 8.78 Å². The average Bonchev–Trinajstić information content (AvgIpc) is 2.49. The highest BCUT2D eigenvalue weighted by atomic mass is 19.1. The average molecular weight is 292 g/mol. The molecule has 0 bridgehead atoms. The van der Waals surface area contributed by atoms with E-state index in [1.807, 2.05) is 6.92 Å². The zero-order chi connectivity index (χ0) is 15.2. The minimum atomic E-state index is -0.985. The predicted octanol–water partition coefficient (Wildman–Crippen LogP) is 4.03. The SMILES string of the molecule is CCCOc1cccc(C(O)Cc2c(F)cccc2F)c1. The highest BCUT2D eigenvalue weighted by Gasteiger charge is 2.15. The molecular formula is C17H18F2O2. The lowest BCUT2D eigenvalue weighted by molar-refractivity contribution is 0.175. The largest absolute Gasteiger partial charge is 0.494 e. The van der Waals surface area contributed by atoms with Crippen LogP contribution >= 0.6 is 0 Å². The predicted molar refractivity (Wildman–Crippen MR) is 77.2 cm³/mol. The quantitative estimate of drug-likeness (QED) is 0.871. The Morgan fingerprint density at radius 1 is 1.10 bits per heavy atom. The zero-order valence-corrected chi connectivity index (χ0v) is 11.9. The summed E-state index contributed by atoms with van der Waals surface area (Å²) in [5, 5.41) is 10.2. The summed E-state index contributed by atoms with van der Waals surface area (Å²) in [4.78, 5) is 0. The van der Waals surface area contributed by atoms with Crippen LogP contribution in [0.1, 0.15) is 30.6 Å². The van der Waals surface area contributed by atoms with Crippen molar-refractivity contribution >= 4 is 0 Å². The van der Waals surface area contributed by atoms with Gasteiger partial charge in [0.05, 0.1) is 12.7 Å². The van der Waals surface area contributed by atoms with Crippen molar-refractivity contribution in [3.8, 4) is 5.75 Å². The maximum Gasteiger partial charge on any atom is 0.129 e. The lowest BCUT2D eigenvalue weighted by atomic mass is 10.0. The maximum absolute atomic E-state index is 13.6. The standard InChI is InChI=1S/C17H18F2O2/c1-2-9-21-13-6-3-5-12(10-13)17(20)11-14-15(18)7-4-8-16(14)19/h3-8,10,17,20H,2,9,11H2,1H3. The molecule has 0 saturated heterocycles. The third-order valence-corrected chi connectivity index (χ3v) is 3.17. The van der Waals surface area contributed by atoms with E-state index in [-0.39, 0.29) is 12.0 Å². The molecule has 2 aromatic rings. The van der Waals surface area contributed by atoms with E-state index < -0.39 is 17.7 Å². The van der Waals surface area contributed by atoms with Crippen molar-refractivity contribution in [3.05, 3.63) is 65.2 Å². The van der Waals surface area contributed by atoms with Gasteiger partial charge in [0.15, 0.2) is 0 Å². The van der Waals surface area contributed by atoms with E-state index >= 15 is 0 Å². The first-order valence-corrected chi connectivity index (χ1v) is 6.95. The van der Waals surface area contributed by atoms with Crippen LogP contribution < -0.4 is 4.74 Å². The molecule has 112 valence electrons. The molecule has 1 N–H and O–H groups in total. The smallest absolute Gasteiger partial charge is 0.129 e. The topological polar surface area (TPSA) is 29.5 Å². The first-order chi connectivity index (χ1) is 10.1. The molecule has 1 atom stereocenters. The van der Waals surface area contributed by atoms with Gasteiger partial charge in [-0.2, -0.15) is 0 Å². The van der Waals surface area contributed by atoms with E-state index in [0.29, 0.717) is 17.9 Å². The van der Waals surface area contributed by atoms with Gasteiger partial charge in [-0.15, -0.1) is 0 Å². The Labute approximate surface area is 123 Å². The van der Waals surface area contributed by atoms with Crippen molar-refractivity contribution in [3.63, 3.8) is 0 Å². The highest BCUT2D eigenvalue weighted by Crippen LogP contribution is 2.24. The fourth-order valence-electron chi connectivity index (χ4n) is 2.07. The van der Waals surface area contributed by atoms with Gasteiger partial charge in [-0.1, -0.05) is 25.1 Å². The Morgan fingerprint density at radius 2 is 1.76 bits per heavy atom. The number of aliphatic hydroxyl groups excluding tert-OH is 1. The van der Waals surface area contributed by atoms with Crippen molar-refractivity contribution in [2.24, 2.45) is 0 Å². The maximum atomic E-state index is 13.6. The molecule has 0 amide bonds. The molecule has 0 aromatic heterocycles. The minimum absolute atomic E-state index is 0.107. The summed E-state index contributed by atoms with van der Waals surface area (Å²) in [5.41, 5.74) is 0.469. The number of ether oxygens (including phenoxy) is 1. The first kappa shape index (κ1) is 15.4. The third-order valence-electron chi connectivity index (χ3n) is 3.17. The molecule has 2 aromatic carbocycles. The number of rotatable bonds is 6. The van der Waals surface area contributed by atoms with E-state index in [0.717, 1.165) is 6.42 Å². The summed E-state index contributed by atoms with van der Waals surface area (Å²) in [5.74, 6) is -0.651. The minimum Gasteiger partial charge on any atom is -0.494 e. The lowest BCUT2D eigenvalue weighted by Gasteiger charge is -2.14. The Hall–Kier alpha value is -1.94. The van der Waals surface area contributed by atoms with Crippen LogP contribution in [0.4, 0.5) is 8.78 Å². The van der Waals surface area contributed by atoms with Gasteiger partial charge in [-0.05, 0) is 36.2 Å². The molecule has 0 radical (unpaired) electrons. The molecule has 0 spiro atoms. The van der Waals surface area contributed by atoms with Gasteiger partial charge in [0, 0.05) is 12.0 Å². The summed E-state index contributed by atoms with van der Waals surface area (Å²) in [6, 6.07) is 10.6. The van der Waals surface area contributed by atoms with E-state index in [2.05, 4.69) is 0 Å². The van der Waals surface area contributed by atoms with Crippen molar-refractivity contribution in [2.75, 3.05) is 6.61 Å². The highest BCUT2D eigenvalue weighted by molar-refractivity contribution is 5.31. The Bertz CT molecular complexity index is 579. The summed E-state index contributed by atoms with van der Waals surface area (Å²) < 4.78 is 32.7. The van der Waals surface area contributed by atoms with Gasteiger partial charge in [-0.3, -0.25) is 0 Å². The van der Waals surface area contributed by atoms with Crippen LogP contribution in [0.3, 0.4) is 0 Å². The molecule has 0 fully saturated rings. The van der Waals surface area contributed by atoms with Gasteiger partial charge in [0.25, 0.3) is 0 Å². The van der Waals surface area contributed by atoms with Gasteiger partial charge < -0.3 is 9.84 Å². The van der Waals surface area contributed by atoms with Gasteiger partial charge in [0.2, 0.25) is 0 Å². The second kappa shape index (κ2) is 7.18. The monoisotopic (exact) mass is 292 g/mol. The van der Waals surface area contributed by atoms with Crippen LogP contribution in [0.15, 0.2) is 42.5 Å². The van der Waals surface area contributed by atoms with Crippen molar-refractivity contribution in [1.82, 2.24) is 0 Å². The molecular weight excluding hydrogens is 274 g/mol. The molecule has 0 heterocycles. The number of aliphatic hydroxyl groups is 1. The number of hydrogen-bond acceptors (Lipinski definition) is 2. The lowest BCUT2D eigenvalue weighted by Crippen LogP contribution is -2.06. The number of hydrogen-bond donors (Lipinski definition) is 1. The first-order valence-electron chi connectivity index (χ1n) is 6.95. The van der Waals surface area contributed by atoms with Crippen LogP contribution in [-0.2, 0) is 6.42 Å². The Balaban J connectivity index is 2.14. The molecule has 4 heteroatoms. The summed E-state index contributed by atoms with van der Waals surface area (Å²) in [7, 11) is 0. The van der Waals surface area contributed by atoms with Gasteiger partial charge >= 0.3 is 0 Å². The Morgan fingerprint density at radius 3 is 2.43 bits per heavy atom. The molecule has 0 aliphatic rings. The van der Waals surface area contributed by atoms with Crippen LogP contribution in [0, 0.1) is 11.6 Å². The van der Waals surface area contributed by atoms with Gasteiger partial charge in [0.1, 0.15) is 17.4 Å². The van der Waals surface area contributed by atoms with Crippen LogP contribution in [0.25, 0.3) is 0 Å². The second-order valence-electron chi connectivity index (χ2n) is 4.84. The summed E-state index contributed by atoms with van der Waals surface area (Å²) in [6.45, 7) is 2.58. The molecule has 0 saturated carbocycles. The van der Waals surface area contributed by atoms with Crippen molar-refractivity contribution < 1.29 is 18.6 Å².